The Bertz CT molecular complexity index is 713. The number of methoxy groups -OCH3 is 2. The third-order valence-corrected chi connectivity index (χ3v) is 3.21. The topological polar surface area (TPSA) is 65.4 Å². The van der Waals surface area contributed by atoms with Gasteiger partial charge in [0.1, 0.15) is 18.0 Å². The summed E-state index contributed by atoms with van der Waals surface area (Å²) in [4.78, 5) is 11.8. The number of amides is 1. The van der Waals surface area contributed by atoms with Crippen molar-refractivity contribution in [3.05, 3.63) is 41.7 Å². The van der Waals surface area contributed by atoms with Crippen molar-refractivity contribution >= 4 is 5.91 Å². The summed E-state index contributed by atoms with van der Waals surface area (Å²) < 4.78 is 48.6. The Kier molecular flexibility index (Phi) is 5.32. The molecule has 1 aromatic carbocycles. The van der Waals surface area contributed by atoms with E-state index in [9.17, 15) is 18.0 Å². The van der Waals surface area contributed by atoms with Crippen LogP contribution in [0.2, 0.25) is 0 Å². The van der Waals surface area contributed by atoms with E-state index in [2.05, 4.69) is 10.4 Å². The third-order valence-electron chi connectivity index (χ3n) is 3.21. The molecule has 0 aliphatic carbocycles. The maximum atomic E-state index is 12.5. The fraction of sp³-hybridized carbons (Fsp3) is 0.333. The van der Waals surface area contributed by atoms with Gasteiger partial charge in [0.15, 0.2) is 5.69 Å². The first-order chi connectivity index (χ1) is 11.3. The van der Waals surface area contributed by atoms with E-state index in [-0.39, 0.29) is 13.1 Å². The number of hydrogen-bond acceptors (Lipinski definition) is 4. The average molecular weight is 343 g/mol. The lowest BCUT2D eigenvalue weighted by molar-refractivity contribution is -0.141. The Morgan fingerprint density at radius 1 is 1.25 bits per heavy atom. The van der Waals surface area contributed by atoms with Gasteiger partial charge in [-0.25, -0.2) is 0 Å². The highest BCUT2D eigenvalue weighted by molar-refractivity contribution is 5.75. The van der Waals surface area contributed by atoms with Crippen molar-refractivity contribution in [2.24, 2.45) is 0 Å². The van der Waals surface area contributed by atoms with E-state index < -0.39 is 17.8 Å². The number of nitrogens with one attached hydrogen (secondary N) is 1. The first-order valence-electron chi connectivity index (χ1n) is 6.91. The lowest BCUT2D eigenvalue weighted by atomic mass is 10.2. The van der Waals surface area contributed by atoms with Crippen LogP contribution in [0.25, 0.3) is 0 Å². The average Bonchev–Trinajstić information content (AvgIpc) is 3.01. The van der Waals surface area contributed by atoms with Crippen LogP contribution < -0.4 is 14.8 Å². The molecule has 2 rings (SSSR count). The molecule has 0 saturated heterocycles. The number of alkyl halides is 3. The molecule has 0 spiro atoms. The smallest absolute Gasteiger partial charge is 0.435 e. The molecule has 0 atom stereocenters. The molecule has 1 heterocycles. The molecule has 1 aromatic heterocycles. The third kappa shape index (κ3) is 4.40. The number of hydrogen-bond donors (Lipinski definition) is 1. The maximum Gasteiger partial charge on any atom is 0.435 e. The standard InChI is InChI=1S/C15H16F3N3O3/c1-23-11-4-3-10(12(7-11)24-2)8-19-14(22)9-21-6-5-13(20-21)15(16,17)18/h3-7H,8-9H2,1-2H3,(H,19,22). The van der Waals surface area contributed by atoms with Gasteiger partial charge in [-0.1, -0.05) is 0 Å². The largest absolute Gasteiger partial charge is 0.497 e. The summed E-state index contributed by atoms with van der Waals surface area (Å²) in [5.41, 5.74) is -0.324. The van der Waals surface area contributed by atoms with Crippen molar-refractivity contribution < 1.29 is 27.4 Å². The van der Waals surface area contributed by atoms with E-state index in [4.69, 9.17) is 9.47 Å². The molecule has 6 nitrogen and oxygen atoms in total. The quantitative estimate of drug-likeness (QED) is 0.874. The second-order valence-electron chi connectivity index (χ2n) is 4.85. The molecule has 0 aliphatic heterocycles. The summed E-state index contributed by atoms with van der Waals surface area (Å²) in [5, 5.41) is 5.93. The van der Waals surface area contributed by atoms with Crippen LogP contribution in [0.5, 0.6) is 11.5 Å². The zero-order valence-electron chi connectivity index (χ0n) is 13.1. The van der Waals surface area contributed by atoms with Gasteiger partial charge < -0.3 is 14.8 Å². The number of nitrogens with zero attached hydrogens (tertiary/aromatic N) is 2. The first kappa shape index (κ1) is 17.6. The van der Waals surface area contributed by atoms with E-state index in [1.165, 1.54) is 14.2 Å². The van der Waals surface area contributed by atoms with E-state index >= 15 is 0 Å². The SMILES string of the molecule is COc1ccc(CNC(=O)Cn2ccc(C(F)(F)F)n2)c(OC)c1. The minimum absolute atomic E-state index is 0.166. The van der Waals surface area contributed by atoms with Gasteiger partial charge in [0.2, 0.25) is 5.91 Å². The molecule has 0 bridgehead atoms. The highest BCUT2D eigenvalue weighted by Gasteiger charge is 2.33. The fourth-order valence-corrected chi connectivity index (χ4v) is 2.00. The predicted molar refractivity (Wildman–Crippen MR) is 78.6 cm³/mol. The van der Waals surface area contributed by atoms with Crippen molar-refractivity contribution in [1.29, 1.82) is 0 Å². The van der Waals surface area contributed by atoms with Gasteiger partial charge in [-0.3, -0.25) is 9.48 Å². The Hall–Kier alpha value is -2.71. The van der Waals surface area contributed by atoms with E-state index in [0.717, 1.165) is 16.9 Å². The Labute approximate surface area is 136 Å². The van der Waals surface area contributed by atoms with Gasteiger partial charge in [0.05, 0.1) is 14.2 Å². The Balaban J connectivity index is 1.95. The Morgan fingerprint density at radius 3 is 2.58 bits per heavy atom. The highest BCUT2D eigenvalue weighted by Crippen LogP contribution is 2.27. The molecule has 1 amide bonds. The summed E-state index contributed by atoms with van der Waals surface area (Å²) in [6, 6.07) is 5.94. The molecule has 9 heteroatoms. The number of rotatable bonds is 6. The van der Waals surface area contributed by atoms with Gasteiger partial charge in [0, 0.05) is 24.4 Å². The van der Waals surface area contributed by atoms with E-state index in [1.807, 2.05) is 0 Å². The molecule has 1 N–H and O–H groups in total. The lowest BCUT2D eigenvalue weighted by Crippen LogP contribution is -2.27. The van der Waals surface area contributed by atoms with E-state index in [0.29, 0.717) is 17.1 Å². The van der Waals surface area contributed by atoms with Gasteiger partial charge in [-0.2, -0.15) is 18.3 Å². The first-order valence-corrected chi connectivity index (χ1v) is 6.91. The van der Waals surface area contributed by atoms with Crippen LogP contribution in [0, 0.1) is 0 Å². The Morgan fingerprint density at radius 2 is 2.00 bits per heavy atom. The van der Waals surface area contributed by atoms with Crippen LogP contribution in [0.3, 0.4) is 0 Å². The molecule has 130 valence electrons. The van der Waals surface area contributed by atoms with Gasteiger partial charge in [0.25, 0.3) is 0 Å². The van der Waals surface area contributed by atoms with Gasteiger partial charge in [-0.05, 0) is 18.2 Å². The van der Waals surface area contributed by atoms with Crippen molar-refractivity contribution in [2.75, 3.05) is 14.2 Å². The fourth-order valence-electron chi connectivity index (χ4n) is 2.00. The van der Waals surface area contributed by atoms with Crippen LogP contribution in [0.4, 0.5) is 13.2 Å². The zero-order chi connectivity index (χ0) is 17.7. The van der Waals surface area contributed by atoms with Gasteiger partial charge >= 0.3 is 6.18 Å². The molecule has 0 unspecified atom stereocenters. The molecular weight excluding hydrogens is 327 g/mol. The van der Waals surface area contributed by atoms with Crippen LogP contribution in [-0.4, -0.2) is 29.9 Å². The lowest BCUT2D eigenvalue weighted by Gasteiger charge is -2.11. The molecule has 0 saturated carbocycles. The minimum atomic E-state index is -4.53. The summed E-state index contributed by atoms with van der Waals surface area (Å²) in [7, 11) is 3.01. The van der Waals surface area contributed by atoms with Crippen molar-refractivity contribution in [1.82, 2.24) is 15.1 Å². The van der Waals surface area contributed by atoms with Crippen LogP contribution in [-0.2, 0) is 24.1 Å². The molecule has 0 aliphatic rings. The maximum absolute atomic E-state index is 12.5. The summed E-state index contributed by atoms with van der Waals surface area (Å²) >= 11 is 0. The minimum Gasteiger partial charge on any atom is -0.497 e. The number of halogens is 3. The van der Waals surface area contributed by atoms with Crippen molar-refractivity contribution in [3.63, 3.8) is 0 Å². The number of benzene rings is 1. The molecule has 2 aromatic rings. The number of carbonyl (C=O) groups is 1. The summed E-state index contributed by atoms with van der Waals surface area (Å²) in [6.07, 6.45) is -3.42. The van der Waals surface area contributed by atoms with Crippen molar-refractivity contribution in [2.45, 2.75) is 19.3 Å². The van der Waals surface area contributed by atoms with Crippen LogP contribution in [0.1, 0.15) is 11.3 Å². The second kappa shape index (κ2) is 7.24. The summed E-state index contributed by atoms with van der Waals surface area (Å²) in [5.74, 6) is 0.677. The predicted octanol–water partition coefficient (Wildman–Crippen LogP) is 2.24. The number of ether oxygens (including phenoxy) is 2. The molecule has 0 radical (unpaired) electrons. The van der Waals surface area contributed by atoms with Gasteiger partial charge in [-0.15, -0.1) is 0 Å². The normalized spacial score (nSPS) is 11.2. The van der Waals surface area contributed by atoms with Crippen LogP contribution >= 0.6 is 0 Å². The van der Waals surface area contributed by atoms with Crippen LogP contribution in [0.15, 0.2) is 30.5 Å². The molecular formula is C15H16F3N3O3. The number of carbonyl (C=O) groups excluding carboxylic acids is 1. The monoisotopic (exact) mass is 343 g/mol. The zero-order valence-corrected chi connectivity index (χ0v) is 13.1. The highest BCUT2D eigenvalue weighted by atomic mass is 19.4. The second-order valence-corrected chi connectivity index (χ2v) is 4.85. The molecule has 0 fully saturated rings. The van der Waals surface area contributed by atoms with Crippen molar-refractivity contribution in [3.8, 4) is 11.5 Å². The summed E-state index contributed by atoms with van der Waals surface area (Å²) in [6.45, 7) is -0.145. The van der Waals surface area contributed by atoms with E-state index in [1.54, 1.807) is 18.2 Å². The number of aromatic nitrogens is 2. The molecule has 24 heavy (non-hydrogen) atoms.